The Labute approximate surface area is 103 Å². The van der Waals surface area contributed by atoms with Crippen molar-refractivity contribution in [2.24, 2.45) is 5.92 Å². The van der Waals surface area contributed by atoms with Crippen LogP contribution in [-0.2, 0) is 16.0 Å². The fourth-order valence-electron chi connectivity index (χ4n) is 1.35. The molecule has 0 fully saturated rings. The molecule has 0 spiro atoms. The fourth-order valence-corrected chi connectivity index (χ4v) is 1.35. The lowest BCUT2D eigenvalue weighted by Gasteiger charge is -2.03. The largest absolute Gasteiger partial charge is 0.461 e. The molecular formula is C15H20O2. The lowest BCUT2D eigenvalue weighted by molar-refractivity contribution is -0.145. The maximum Gasteiger partial charge on any atom is 0.308 e. The van der Waals surface area contributed by atoms with Crippen LogP contribution in [0.5, 0.6) is 0 Å². The Bertz CT molecular complexity index is 374. The first-order valence-corrected chi connectivity index (χ1v) is 6.05. The maximum absolute atomic E-state index is 11.2. The standard InChI is InChI=1S/C15H20O2/c1-4-13-7-9-14(10-8-13)6-5-11-17-15(16)12(2)3/h5-10,12H,4,11H2,1-3H3/b6-5+. The molecule has 2 heteroatoms. The van der Waals surface area contributed by atoms with Gasteiger partial charge in [0.1, 0.15) is 6.61 Å². The van der Waals surface area contributed by atoms with Crippen LogP contribution in [0, 0.1) is 5.92 Å². The molecule has 0 N–H and O–H groups in total. The monoisotopic (exact) mass is 232 g/mol. The summed E-state index contributed by atoms with van der Waals surface area (Å²) in [5, 5.41) is 0. The van der Waals surface area contributed by atoms with Gasteiger partial charge in [0.25, 0.3) is 0 Å². The molecule has 0 atom stereocenters. The number of hydrogen-bond donors (Lipinski definition) is 0. The molecule has 1 aromatic rings. The van der Waals surface area contributed by atoms with Crippen LogP contribution in [0.2, 0.25) is 0 Å². The summed E-state index contributed by atoms with van der Waals surface area (Å²) < 4.78 is 5.04. The summed E-state index contributed by atoms with van der Waals surface area (Å²) in [6.45, 7) is 6.13. The zero-order chi connectivity index (χ0) is 12.7. The van der Waals surface area contributed by atoms with Gasteiger partial charge in [-0.1, -0.05) is 51.1 Å². The van der Waals surface area contributed by atoms with Gasteiger partial charge in [0, 0.05) is 0 Å². The van der Waals surface area contributed by atoms with Crippen molar-refractivity contribution in [3.8, 4) is 0 Å². The van der Waals surface area contributed by atoms with Crippen LogP contribution in [0.1, 0.15) is 31.9 Å². The number of hydrogen-bond acceptors (Lipinski definition) is 2. The Hall–Kier alpha value is -1.57. The van der Waals surface area contributed by atoms with Gasteiger partial charge in [-0.2, -0.15) is 0 Å². The van der Waals surface area contributed by atoms with Crippen molar-refractivity contribution in [1.29, 1.82) is 0 Å². The van der Waals surface area contributed by atoms with Crippen LogP contribution in [0.15, 0.2) is 30.3 Å². The number of carbonyl (C=O) groups excluding carboxylic acids is 1. The van der Waals surface area contributed by atoms with Gasteiger partial charge in [0.05, 0.1) is 5.92 Å². The molecule has 92 valence electrons. The number of esters is 1. The van der Waals surface area contributed by atoms with E-state index in [-0.39, 0.29) is 11.9 Å². The van der Waals surface area contributed by atoms with Crippen LogP contribution in [0.4, 0.5) is 0 Å². The number of rotatable bonds is 5. The average molecular weight is 232 g/mol. The van der Waals surface area contributed by atoms with Crippen LogP contribution >= 0.6 is 0 Å². The Kier molecular flexibility index (Phi) is 5.47. The topological polar surface area (TPSA) is 26.3 Å². The van der Waals surface area contributed by atoms with Crippen molar-refractivity contribution in [2.45, 2.75) is 27.2 Å². The quantitative estimate of drug-likeness (QED) is 0.727. The van der Waals surface area contributed by atoms with Crippen molar-refractivity contribution in [2.75, 3.05) is 6.61 Å². The molecule has 0 saturated heterocycles. The van der Waals surface area contributed by atoms with E-state index >= 15 is 0 Å². The number of benzene rings is 1. The molecule has 1 rings (SSSR count). The fraction of sp³-hybridized carbons (Fsp3) is 0.400. The summed E-state index contributed by atoms with van der Waals surface area (Å²) in [6, 6.07) is 8.36. The van der Waals surface area contributed by atoms with Gasteiger partial charge in [0.2, 0.25) is 0 Å². The van der Waals surface area contributed by atoms with Gasteiger partial charge < -0.3 is 4.74 Å². The summed E-state index contributed by atoms with van der Waals surface area (Å²) in [7, 11) is 0. The molecular weight excluding hydrogens is 212 g/mol. The maximum atomic E-state index is 11.2. The second-order valence-corrected chi connectivity index (χ2v) is 4.28. The van der Waals surface area contributed by atoms with Crippen molar-refractivity contribution < 1.29 is 9.53 Å². The van der Waals surface area contributed by atoms with Gasteiger partial charge in [-0.3, -0.25) is 4.79 Å². The second kappa shape index (κ2) is 6.89. The van der Waals surface area contributed by atoms with E-state index in [1.807, 2.05) is 26.0 Å². The lowest BCUT2D eigenvalue weighted by atomic mass is 10.1. The minimum absolute atomic E-state index is 0.0627. The van der Waals surface area contributed by atoms with E-state index in [9.17, 15) is 4.79 Å². The molecule has 0 aliphatic rings. The minimum Gasteiger partial charge on any atom is -0.461 e. The molecule has 0 bridgehead atoms. The van der Waals surface area contributed by atoms with E-state index in [1.165, 1.54) is 5.56 Å². The third-order valence-electron chi connectivity index (χ3n) is 2.49. The zero-order valence-corrected chi connectivity index (χ0v) is 10.8. The van der Waals surface area contributed by atoms with E-state index in [0.29, 0.717) is 6.61 Å². The lowest BCUT2D eigenvalue weighted by Crippen LogP contribution is -2.11. The Morgan fingerprint density at radius 1 is 1.29 bits per heavy atom. The van der Waals surface area contributed by atoms with Gasteiger partial charge in [-0.25, -0.2) is 0 Å². The minimum atomic E-state index is -0.156. The molecule has 1 aromatic carbocycles. The summed E-state index contributed by atoms with van der Waals surface area (Å²) in [5.74, 6) is -0.219. The highest BCUT2D eigenvalue weighted by molar-refractivity contribution is 5.71. The van der Waals surface area contributed by atoms with Crippen molar-refractivity contribution in [3.63, 3.8) is 0 Å². The Morgan fingerprint density at radius 3 is 2.47 bits per heavy atom. The highest BCUT2D eigenvalue weighted by Gasteiger charge is 2.05. The molecule has 17 heavy (non-hydrogen) atoms. The molecule has 0 heterocycles. The van der Waals surface area contributed by atoms with Crippen molar-refractivity contribution >= 4 is 12.0 Å². The van der Waals surface area contributed by atoms with Gasteiger partial charge in [-0.05, 0) is 23.6 Å². The molecule has 0 aliphatic carbocycles. The molecule has 0 amide bonds. The highest BCUT2D eigenvalue weighted by atomic mass is 16.5. The van der Waals surface area contributed by atoms with Crippen molar-refractivity contribution in [3.05, 3.63) is 41.5 Å². The number of carbonyl (C=O) groups is 1. The van der Waals surface area contributed by atoms with Gasteiger partial charge in [-0.15, -0.1) is 0 Å². The van der Waals surface area contributed by atoms with Crippen LogP contribution < -0.4 is 0 Å². The molecule has 0 saturated carbocycles. The van der Waals surface area contributed by atoms with Crippen molar-refractivity contribution in [1.82, 2.24) is 0 Å². The molecule has 2 nitrogen and oxygen atoms in total. The molecule has 0 aromatic heterocycles. The number of aryl methyl sites for hydroxylation is 1. The average Bonchev–Trinajstić information content (AvgIpc) is 2.35. The highest BCUT2D eigenvalue weighted by Crippen LogP contribution is 2.06. The third kappa shape index (κ3) is 4.85. The molecule has 0 unspecified atom stereocenters. The normalized spacial score (nSPS) is 11.1. The van der Waals surface area contributed by atoms with Crippen LogP contribution in [-0.4, -0.2) is 12.6 Å². The molecule has 0 aliphatic heterocycles. The first kappa shape index (κ1) is 13.5. The van der Waals surface area contributed by atoms with E-state index in [0.717, 1.165) is 12.0 Å². The smallest absolute Gasteiger partial charge is 0.308 e. The number of ether oxygens (including phenoxy) is 1. The predicted octanol–water partition coefficient (Wildman–Crippen LogP) is 3.46. The van der Waals surface area contributed by atoms with E-state index < -0.39 is 0 Å². The predicted molar refractivity (Wildman–Crippen MR) is 70.7 cm³/mol. The Balaban J connectivity index is 2.40. The SMILES string of the molecule is CCc1ccc(/C=C/COC(=O)C(C)C)cc1. The zero-order valence-electron chi connectivity index (χ0n) is 10.8. The van der Waals surface area contributed by atoms with E-state index in [2.05, 4.69) is 31.2 Å². The molecule has 0 radical (unpaired) electrons. The first-order chi connectivity index (χ1) is 8.13. The van der Waals surface area contributed by atoms with Crippen LogP contribution in [0.3, 0.4) is 0 Å². The van der Waals surface area contributed by atoms with Gasteiger partial charge >= 0.3 is 5.97 Å². The summed E-state index contributed by atoms with van der Waals surface area (Å²) in [5.41, 5.74) is 2.45. The van der Waals surface area contributed by atoms with Crippen LogP contribution in [0.25, 0.3) is 6.08 Å². The Morgan fingerprint density at radius 2 is 1.94 bits per heavy atom. The van der Waals surface area contributed by atoms with E-state index in [1.54, 1.807) is 0 Å². The first-order valence-electron chi connectivity index (χ1n) is 6.05. The van der Waals surface area contributed by atoms with E-state index in [4.69, 9.17) is 4.74 Å². The van der Waals surface area contributed by atoms with Gasteiger partial charge in [0.15, 0.2) is 0 Å². The summed E-state index contributed by atoms with van der Waals surface area (Å²) in [4.78, 5) is 11.2. The summed E-state index contributed by atoms with van der Waals surface area (Å²) >= 11 is 0. The third-order valence-corrected chi connectivity index (χ3v) is 2.49. The summed E-state index contributed by atoms with van der Waals surface area (Å²) in [6.07, 6.45) is 4.88. The second-order valence-electron chi connectivity index (χ2n) is 4.28.